The van der Waals surface area contributed by atoms with Crippen LogP contribution in [0.25, 0.3) is 94.4 Å². The number of aromatic nitrogens is 3. The van der Waals surface area contributed by atoms with E-state index < -0.39 is 18.0 Å². The number of pyridine rings is 1. The number of hydrogen-bond donors (Lipinski definition) is 0. The number of alkyl halides is 3. The fourth-order valence-corrected chi connectivity index (χ4v) is 8.87. The smallest absolute Gasteiger partial charge is 0.393 e. The van der Waals surface area contributed by atoms with E-state index in [0.29, 0.717) is 11.3 Å². The number of furan rings is 2. The fraction of sp³-hybridized carbons (Fsp3) is 0.186. The zero-order chi connectivity index (χ0) is 48.4. The van der Waals surface area contributed by atoms with E-state index in [-0.39, 0.29) is 37.5 Å². The molecule has 0 saturated heterocycles. The summed E-state index contributed by atoms with van der Waals surface area (Å²) in [7, 11) is 0. The summed E-state index contributed by atoms with van der Waals surface area (Å²) in [6, 6.07) is 55.9. The van der Waals surface area contributed by atoms with Gasteiger partial charge < -0.3 is 18.4 Å². The minimum absolute atomic E-state index is 0. The second-order valence-corrected chi connectivity index (χ2v) is 18.0. The van der Waals surface area contributed by atoms with E-state index in [9.17, 15) is 13.2 Å². The Kier molecular flexibility index (Phi) is 11.8. The monoisotopic (exact) mass is 1080 g/mol. The van der Waals surface area contributed by atoms with E-state index in [1.54, 1.807) is 24.4 Å². The number of rotatable bonds is 8. The summed E-state index contributed by atoms with van der Waals surface area (Å²) in [5, 5.41) is 4.42. The van der Waals surface area contributed by atoms with Crippen molar-refractivity contribution in [1.29, 1.82) is 0 Å². The number of nitrogens with zero attached hydrogens (tertiary/aromatic N) is 3. The molecule has 9 heteroatoms. The first kappa shape index (κ1) is 43.8. The Morgan fingerprint density at radius 3 is 2.12 bits per heavy atom. The van der Waals surface area contributed by atoms with E-state index in [0.717, 1.165) is 97.0 Å². The van der Waals surface area contributed by atoms with Gasteiger partial charge in [-0.05, 0) is 77.0 Å². The van der Waals surface area contributed by atoms with Crippen molar-refractivity contribution in [3.05, 3.63) is 187 Å². The molecule has 0 unspecified atom stereocenters. The molecular weight excluding hydrogens is 1030 g/mol. The molecule has 0 aliphatic carbocycles. The van der Waals surface area contributed by atoms with Crippen LogP contribution in [-0.2, 0) is 26.5 Å². The van der Waals surface area contributed by atoms with Crippen LogP contribution in [0.2, 0.25) is 0 Å². The Morgan fingerprint density at radius 1 is 0.676 bits per heavy atom. The number of halogens is 3. The van der Waals surface area contributed by atoms with E-state index >= 15 is 0 Å². The first-order valence-corrected chi connectivity index (χ1v) is 22.4. The van der Waals surface area contributed by atoms with Crippen molar-refractivity contribution in [2.75, 3.05) is 0 Å². The average Bonchev–Trinajstić information content (AvgIpc) is 4.05. The van der Waals surface area contributed by atoms with Crippen LogP contribution in [0, 0.1) is 17.5 Å². The van der Waals surface area contributed by atoms with Crippen molar-refractivity contribution in [3.8, 4) is 39.5 Å². The summed E-state index contributed by atoms with van der Waals surface area (Å²) < 4.78 is 70.9. The number of fused-ring (bicyclic) bond motifs is 7. The van der Waals surface area contributed by atoms with Gasteiger partial charge in [-0.25, -0.2) is 0 Å². The third kappa shape index (κ3) is 8.43. The molecule has 0 aliphatic rings. The van der Waals surface area contributed by atoms with Gasteiger partial charge in [0, 0.05) is 56.5 Å². The molecule has 0 fully saturated rings. The standard InChI is InChI=1S/C43H33N2O2.C16H15F3N.Ir/c1-25(2)33-24-34-29-15-8-11-20-37(29)46-42(34)39(26(3)4)40(33)45-36-19-10-9-18-35(36)44-43(45)32-17-12-16-31-30-22-21-28(23-38(30)47-41(31)32)27-13-6-5-7-14-27;1-15(2,16(17,18)19)11-12-6-8-13(9-7-12)14-5-3-4-10-20-14;/h5-16,18-26H,1-4H3;3-8,10H,11H2,1-2H3;/q2*-1;/i;11D2;. The number of benzene rings is 7. The van der Waals surface area contributed by atoms with Crippen LogP contribution >= 0.6 is 0 Å². The molecule has 0 bridgehead atoms. The van der Waals surface area contributed by atoms with Gasteiger partial charge in [0.2, 0.25) is 0 Å². The second-order valence-electron chi connectivity index (χ2n) is 18.0. The van der Waals surface area contributed by atoms with Gasteiger partial charge in [0.1, 0.15) is 16.7 Å². The van der Waals surface area contributed by atoms with Gasteiger partial charge in [-0.2, -0.15) is 13.2 Å². The Labute approximate surface area is 409 Å². The van der Waals surface area contributed by atoms with Crippen molar-refractivity contribution >= 4 is 54.9 Å². The molecule has 4 heterocycles. The topological polar surface area (TPSA) is 57.0 Å². The molecule has 4 aromatic heterocycles. The van der Waals surface area contributed by atoms with E-state index in [1.165, 1.54) is 29.3 Å². The maximum absolute atomic E-state index is 13.1. The van der Waals surface area contributed by atoms with Crippen molar-refractivity contribution in [2.24, 2.45) is 5.41 Å². The third-order valence-corrected chi connectivity index (χ3v) is 12.4. The molecule has 0 amide bonds. The van der Waals surface area contributed by atoms with Gasteiger partial charge in [-0.1, -0.05) is 137 Å². The SMILES string of the molecule is CC(C)c1cc2c(oc3ccccc32)c(C(C)C)c1-n1c(-c2[c-]ccc3c2oc2cc(-c4ccccc4)ccc23)nc2ccccc21.[2H]C([2H])(c1c[c-]c(-c2ccccn2)cc1)C(C)(C)C(F)(F)F.[Ir]. The molecule has 0 spiro atoms. The molecule has 5 nitrogen and oxygen atoms in total. The summed E-state index contributed by atoms with van der Waals surface area (Å²) in [5.74, 6) is 1.23. The van der Waals surface area contributed by atoms with Crippen molar-refractivity contribution < 1.29 is 44.9 Å². The summed E-state index contributed by atoms with van der Waals surface area (Å²) in [4.78, 5) is 9.43. The molecule has 0 N–H and O–H groups in total. The van der Waals surface area contributed by atoms with Crippen LogP contribution in [0.5, 0.6) is 0 Å². The van der Waals surface area contributed by atoms with Crippen LogP contribution in [0.3, 0.4) is 0 Å². The molecule has 7 aromatic carbocycles. The molecular formula is C59H48F3IrN3O2-2. The van der Waals surface area contributed by atoms with E-state index in [1.807, 2.05) is 18.2 Å². The summed E-state index contributed by atoms with van der Waals surface area (Å²) in [5.41, 5.74) is 10.8. The van der Waals surface area contributed by atoms with Gasteiger partial charge in [0.05, 0.1) is 27.9 Å². The molecule has 0 aliphatic heterocycles. The average molecular weight is 1080 g/mol. The number of para-hydroxylation sites is 3. The number of hydrogen-bond acceptors (Lipinski definition) is 4. The van der Waals surface area contributed by atoms with Gasteiger partial charge in [-0.15, -0.1) is 53.6 Å². The van der Waals surface area contributed by atoms with Crippen LogP contribution < -0.4 is 0 Å². The molecule has 11 rings (SSSR count). The molecule has 0 atom stereocenters. The normalized spacial score (nSPS) is 12.8. The van der Waals surface area contributed by atoms with Gasteiger partial charge >= 0.3 is 6.18 Å². The Balaban J connectivity index is 0.000000224. The minimum atomic E-state index is -4.66. The summed E-state index contributed by atoms with van der Waals surface area (Å²) in [6.07, 6.45) is -5.62. The third-order valence-electron chi connectivity index (χ3n) is 12.4. The minimum Gasteiger partial charge on any atom is -0.501 e. The van der Waals surface area contributed by atoms with Crippen molar-refractivity contribution in [3.63, 3.8) is 0 Å². The molecule has 68 heavy (non-hydrogen) atoms. The maximum Gasteiger partial charge on any atom is 0.393 e. The van der Waals surface area contributed by atoms with Crippen LogP contribution in [-0.4, -0.2) is 20.7 Å². The molecule has 11 aromatic rings. The number of imidazole rings is 1. The first-order chi connectivity index (χ1) is 33.0. The first-order valence-electron chi connectivity index (χ1n) is 23.4. The molecule has 1 radical (unpaired) electrons. The molecule has 343 valence electrons. The predicted octanol–water partition coefficient (Wildman–Crippen LogP) is 16.9. The maximum atomic E-state index is 13.1. The van der Waals surface area contributed by atoms with Gasteiger partial charge in [0.15, 0.2) is 0 Å². The summed E-state index contributed by atoms with van der Waals surface area (Å²) in [6.45, 7) is 10.8. The van der Waals surface area contributed by atoms with E-state index in [2.05, 4.69) is 146 Å². The zero-order valence-corrected chi connectivity index (χ0v) is 40.7. The quantitative estimate of drug-likeness (QED) is 0.142. The zero-order valence-electron chi connectivity index (χ0n) is 40.3. The van der Waals surface area contributed by atoms with Crippen LogP contribution in [0.15, 0.2) is 167 Å². The van der Waals surface area contributed by atoms with Crippen LogP contribution in [0.4, 0.5) is 13.2 Å². The Hall–Kier alpha value is -6.80. The largest absolute Gasteiger partial charge is 0.501 e. The van der Waals surface area contributed by atoms with Gasteiger partial charge in [-0.3, -0.25) is 4.98 Å². The van der Waals surface area contributed by atoms with Crippen molar-refractivity contribution in [1.82, 2.24) is 14.5 Å². The Morgan fingerprint density at radius 2 is 1.40 bits per heavy atom. The van der Waals surface area contributed by atoms with Crippen molar-refractivity contribution in [2.45, 2.75) is 65.9 Å². The fourth-order valence-electron chi connectivity index (χ4n) is 8.87. The van der Waals surface area contributed by atoms with E-state index in [4.69, 9.17) is 16.6 Å². The summed E-state index contributed by atoms with van der Waals surface area (Å²) >= 11 is 0. The Bertz CT molecular complexity index is 3670. The van der Waals surface area contributed by atoms with Crippen LogP contribution in [0.1, 0.15) is 72.8 Å². The second kappa shape index (κ2) is 18.4. The van der Waals surface area contributed by atoms with Gasteiger partial charge in [0.25, 0.3) is 0 Å². The predicted molar refractivity (Wildman–Crippen MR) is 266 cm³/mol. The molecule has 0 saturated carbocycles.